The van der Waals surface area contributed by atoms with Crippen molar-refractivity contribution < 1.29 is 13.2 Å². The van der Waals surface area contributed by atoms with Crippen LogP contribution in [0.2, 0.25) is 5.02 Å². The molecule has 0 radical (unpaired) electrons. The van der Waals surface area contributed by atoms with Crippen molar-refractivity contribution in [2.45, 2.75) is 11.8 Å². The predicted octanol–water partition coefficient (Wildman–Crippen LogP) is 3.33. The minimum Gasteiger partial charge on any atom is -0.319 e. The average Bonchev–Trinajstić information content (AvgIpc) is 3.04. The Bertz CT molecular complexity index is 1010. The lowest BCUT2D eigenvalue weighted by molar-refractivity contribution is 0.102. The molecule has 1 amide bonds. The number of carbonyl (C=O) groups is 1. The molecule has 2 aromatic heterocycles. The van der Waals surface area contributed by atoms with Gasteiger partial charge in [0.05, 0.1) is 10.7 Å². The van der Waals surface area contributed by atoms with Crippen molar-refractivity contribution in [1.29, 1.82) is 0 Å². The van der Waals surface area contributed by atoms with E-state index in [4.69, 9.17) is 11.6 Å². The molecular weight excluding hydrogens is 362 g/mol. The van der Waals surface area contributed by atoms with Gasteiger partial charge in [-0.3, -0.25) is 9.78 Å². The fraction of sp³-hybridized carbons (Fsp3) is 0.0588. The minimum atomic E-state index is -3.86. The van der Waals surface area contributed by atoms with E-state index in [0.717, 1.165) is 3.97 Å². The molecule has 0 aliphatic carbocycles. The van der Waals surface area contributed by atoms with Gasteiger partial charge in [-0.25, -0.2) is 12.4 Å². The summed E-state index contributed by atoms with van der Waals surface area (Å²) in [6.07, 6.45) is 4.18. The van der Waals surface area contributed by atoms with Gasteiger partial charge in [-0.2, -0.15) is 0 Å². The second-order valence-electron chi connectivity index (χ2n) is 5.29. The Balaban J connectivity index is 1.90. The van der Waals surface area contributed by atoms with E-state index in [1.165, 1.54) is 30.7 Å². The number of carbonyl (C=O) groups excluding carboxylic acids is 1. The number of aryl methyl sites for hydroxylation is 1. The normalized spacial score (nSPS) is 11.3. The summed E-state index contributed by atoms with van der Waals surface area (Å²) in [5.41, 5.74) is 1.12. The van der Waals surface area contributed by atoms with Crippen LogP contribution in [0.4, 0.5) is 5.69 Å². The van der Waals surface area contributed by atoms with E-state index in [1.54, 1.807) is 37.3 Å². The summed E-state index contributed by atoms with van der Waals surface area (Å²) in [6, 6.07) is 11.3. The summed E-state index contributed by atoms with van der Waals surface area (Å²) in [7, 11) is -3.86. The molecule has 6 nitrogen and oxygen atoms in total. The number of hydrogen-bond acceptors (Lipinski definition) is 4. The molecule has 0 fully saturated rings. The molecule has 3 rings (SSSR count). The molecular formula is C17H14ClN3O3S. The molecule has 3 aromatic rings. The Morgan fingerprint density at radius 1 is 1.16 bits per heavy atom. The van der Waals surface area contributed by atoms with Crippen LogP contribution in [0.5, 0.6) is 0 Å². The first kappa shape index (κ1) is 17.2. The number of nitrogens with one attached hydrogen (secondary N) is 1. The van der Waals surface area contributed by atoms with Crippen molar-refractivity contribution in [2.24, 2.45) is 0 Å². The SMILES string of the molecule is Cc1cccc(Cl)c1S(=O)(=O)n1ccc(NC(=O)c2ccccn2)c1. The lowest BCUT2D eigenvalue weighted by Crippen LogP contribution is -2.14. The van der Waals surface area contributed by atoms with Crippen LogP contribution in [-0.2, 0) is 10.0 Å². The molecule has 0 aliphatic rings. The van der Waals surface area contributed by atoms with Gasteiger partial charge in [0, 0.05) is 18.6 Å². The van der Waals surface area contributed by atoms with Crippen molar-refractivity contribution in [3.63, 3.8) is 0 Å². The van der Waals surface area contributed by atoms with E-state index >= 15 is 0 Å². The molecule has 25 heavy (non-hydrogen) atoms. The molecule has 0 saturated carbocycles. The third-order valence-electron chi connectivity index (χ3n) is 3.52. The van der Waals surface area contributed by atoms with E-state index in [1.807, 2.05) is 0 Å². The summed E-state index contributed by atoms with van der Waals surface area (Å²) < 4.78 is 26.6. The van der Waals surface area contributed by atoms with Crippen LogP contribution < -0.4 is 5.32 Å². The molecule has 0 aliphatic heterocycles. The fourth-order valence-corrected chi connectivity index (χ4v) is 4.33. The van der Waals surface area contributed by atoms with Crippen LogP contribution in [0.15, 0.2) is 66.0 Å². The zero-order chi connectivity index (χ0) is 18.0. The largest absolute Gasteiger partial charge is 0.319 e. The zero-order valence-corrected chi connectivity index (χ0v) is 14.8. The maximum absolute atomic E-state index is 12.8. The van der Waals surface area contributed by atoms with Crippen LogP contribution in [-0.4, -0.2) is 23.3 Å². The number of pyridine rings is 1. The monoisotopic (exact) mass is 375 g/mol. The smallest absolute Gasteiger partial charge is 0.274 e. The Morgan fingerprint density at radius 3 is 2.64 bits per heavy atom. The third kappa shape index (κ3) is 3.42. The molecule has 1 N–H and O–H groups in total. The van der Waals surface area contributed by atoms with Crippen LogP contribution in [0.25, 0.3) is 0 Å². The number of halogens is 1. The number of hydrogen-bond donors (Lipinski definition) is 1. The van der Waals surface area contributed by atoms with Crippen LogP contribution in [0, 0.1) is 6.92 Å². The van der Waals surface area contributed by atoms with Gasteiger partial charge in [-0.05, 0) is 36.8 Å². The topological polar surface area (TPSA) is 81.1 Å². The Hall–Kier alpha value is -2.64. The van der Waals surface area contributed by atoms with E-state index < -0.39 is 15.9 Å². The number of aromatic nitrogens is 2. The molecule has 0 spiro atoms. The summed E-state index contributed by atoms with van der Waals surface area (Å²) in [6.45, 7) is 1.67. The number of rotatable bonds is 4. The van der Waals surface area contributed by atoms with Crippen molar-refractivity contribution in [3.05, 3.63) is 77.3 Å². The number of nitrogens with zero attached hydrogens (tertiary/aromatic N) is 2. The summed E-state index contributed by atoms with van der Waals surface area (Å²) in [4.78, 5) is 16.1. The molecule has 0 saturated heterocycles. The number of benzene rings is 1. The van der Waals surface area contributed by atoms with Gasteiger partial charge in [-0.1, -0.05) is 29.8 Å². The molecule has 0 atom stereocenters. The standard InChI is InChI=1S/C17H14ClN3O3S/c1-12-5-4-6-14(18)16(12)25(23,24)21-10-8-13(11-21)20-17(22)15-7-2-3-9-19-15/h2-11H,1H3,(H,20,22). The van der Waals surface area contributed by atoms with Gasteiger partial charge < -0.3 is 5.32 Å². The molecule has 2 heterocycles. The first-order chi connectivity index (χ1) is 11.9. The van der Waals surface area contributed by atoms with Crippen molar-refractivity contribution in [1.82, 2.24) is 8.96 Å². The number of anilines is 1. The maximum Gasteiger partial charge on any atom is 0.274 e. The van der Waals surface area contributed by atoms with Crippen molar-refractivity contribution in [2.75, 3.05) is 5.32 Å². The highest BCUT2D eigenvalue weighted by molar-refractivity contribution is 7.90. The van der Waals surface area contributed by atoms with Crippen LogP contribution in [0.3, 0.4) is 0 Å². The van der Waals surface area contributed by atoms with Crippen LogP contribution in [0.1, 0.15) is 16.1 Å². The highest BCUT2D eigenvalue weighted by atomic mass is 35.5. The first-order valence-corrected chi connectivity index (χ1v) is 9.12. The Kier molecular flexibility index (Phi) is 4.61. The highest BCUT2D eigenvalue weighted by Gasteiger charge is 2.22. The highest BCUT2D eigenvalue weighted by Crippen LogP contribution is 2.27. The molecule has 1 aromatic carbocycles. The lowest BCUT2D eigenvalue weighted by atomic mass is 10.2. The molecule has 128 valence electrons. The summed E-state index contributed by atoms with van der Waals surface area (Å²) >= 11 is 6.06. The quantitative estimate of drug-likeness (QED) is 0.758. The van der Waals surface area contributed by atoms with Gasteiger partial charge in [0.25, 0.3) is 15.9 Å². The van der Waals surface area contributed by atoms with Crippen molar-refractivity contribution in [3.8, 4) is 0 Å². The molecule has 8 heteroatoms. The second kappa shape index (κ2) is 6.70. The Labute approximate surface area is 150 Å². The summed E-state index contributed by atoms with van der Waals surface area (Å²) in [5, 5.41) is 2.76. The van der Waals surface area contributed by atoms with E-state index in [-0.39, 0.29) is 15.6 Å². The van der Waals surface area contributed by atoms with Gasteiger partial charge in [-0.15, -0.1) is 0 Å². The van der Waals surface area contributed by atoms with E-state index in [2.05, 4.69) is 10.3 Å². The maximum atomic E-state index is 12.8. The lowest BCUT2D eigenvalue weighted by Gasteiger charge is -2.10. The third-order valence-corrected chi connectivity index (χ3v) is 5.79. The average molecular weight is 376 g/mol. The van der Waals surface area contributed by atoms with Gasteiger partial charge in [0.1, 0.15) is 10.6 Å². The van der Waals surface area contributed by atoms with Gasteiger partial charge in [0.2, 0.25) is 0 Å². The second-order valence-corrected chi connectivity index (χ2v) is 7.48. The molecule has 0 unspecified atom stereocenters. The van der Waals surface area contributed by atoms with Gasteiger partial charge in [0.15, 0.2) is 0 Å². The predicted molar refractivity (Wildman–Crippen MR) is 95.4 cm³/mol. The minimum absolute atomic E-state index is 0.0369. The fourth-order valence-electron chi connectivity index (χ4n) is 2.34. The van der Waals surface area contributed by atoms with E-state index in [0.29, 0.717) is 11.3 Å². The molecule has 0 bridgehead atoms. The van der Waals surface area contributed by atoms with E-state index in [9.17, 15) is 13.2 Å². The Morgan fingerprint density at radius 2 is 1.96 bits per heavy atom. The number of amides is 1. The first-order valence-electron chi connectivity index (χ1n) is 7.30. The zero-order valence-electron chi connectivity index (χ0n) is 13.2. The van der Waals surface area contributed by atoms with Crippen LogP contribution >= 0.6 is 11.6 Å². The summed E-state index contributed by atoms with van der Waals surface area (Å²) in [5.74, 6) is -0.426. The van der Waals surface area contributed by atoms with Crippen molar-refractivity contribution >= 4 is 33.2 Å². The van der Waals surface area contributed by atoms with Gasteiger partial charge >= 0.3 is 0 Å².